The van der Waals surface area contributed by atoms with Crippen LogP contribution in [0.3, 0.4) is 0 Å². The van der Waals surface area contributed by atoms with Crippen molar-refractivity contribution in [1.29, 1.82) is 0 Å². The molecule has 1 aliphatic rings. The summed E-state index contributed by atoms with van der Waals surface area (Å²) >= 11 is 5.44. The Labute approximate surface area is 59.9 Å². The summed E-state index contributed by atoms with van der Waals surface area (Å²) in [6.45, 7) is 3.71. The number of hydrogen-bond donors (Lipinski definition) is 1. The smallest absolute Gasteiger partial charge is 0.110 e. The number of halogens is 1. The fourth-order valence-electron chi connectivity index (χ4n) is 0.746. The Hall–Kier alpha value is -0.210. The van der Waals surface area contributed by atoms with Crippen LogP contribution in [0.1, 0.15) is 12.8 Å². The van der Waals surface area contributed by atoms with Crippen molar-refractivity contribution < 1.29 is 4.74 Å². The summed E-state index contributed by atoms with van der Waals surface area (Å²) in [5.41, 5.74) is -0.101. The largest absolute Gasteiger partial charge is 0.500 e. The molecule has 0 atom stereocenters. The third-order valence-electron chi connectivity index (χ3n) is 1.71. The van der Waals surface area contributed by atoms with Crippen LogP contribution in [0.4, 0.5) is 0 Å². The topological polar surface area (TPSA) is 21.3 Å². The lowest BCUT2D eigenvalue weighted by Gasteiger charge is -2.13. The van der Waals surface area contributed by atoms with Gasteiger partial charge in [-0.15, -0.1) is 0 Å². The minimum absolute atomic E-state index is 0.101. The van der Waals surface area contributed by atoms with Crippen LogP contribution in [0.5, 0.6) is 0 Å². The molecule has 1 N–H and O–H groups in total. The lowest BCUT2D eigenvalue weighted by molar-refractivity contribution is 0.255. The minimum atomic E-state index is -0.101. The Balaban J connectivity index is 2.49. The summed E-state index contributed by atoms with van der Waals surface area (Å²) in [5, 5.41) is 0. The molecule has 0 aromatic carbocycles. The molecule has 0 spiro atoms. The molecule has 0 bridgehead atoms. The van der Waals surface area contributed by atoms with Gasteiger partial charge in [0.05, 0.1) is 12.6 Å². The Morgan fingerprint density at radius 2 is 2.33 bits per heavy atom. The second-order valence-corrected chi connectivity index (χ2v) is 2.49. The Morgan fingerprint density at radius 3 is 2.44 bits per heavy atom. The number of methoxy groups -OCH3 is 1. The lowest BCUT2D eigenvalue weighted by Crippen LogP contribution is -2.25. The first-order valence-corrected chi connectivity index (χ1v) is 3.24. The van der Waals surface area contributed by atoms with Gasteiger partial charge in [-0.2, -0.15) is 0 Å². The van der Waals surface area contributed by atoms with Crippen molar-refractivity contribution in [2.24, 2.45) is 0 Å². The molecule has 3 heteroatoms. The van der Waals surface area contributed by atoms with Crippen LogP contribution >= 0.6 is 11.8 Å². The maximum Gasteiger partial charge on any atom is 0.110 e. The fraction of sp³-hybridized carbons (Fsp3) is 0.667. The van der Waals surface area contributed by atoms with Gasteiger partial charge in [-0.05, 0) is 24.6 Å². The van der Waals surface area contributed by atoms with Gasteiger partial charge in [0, 0.05) is 0 Å². The predicted molar refractivity (Wildman–Crippen MR) is 37.1 cm³/mol. The van der Waals surface area contributed by atoms with Crippen molar-refractivity contribution in [2.75, 3.05) is 7.11 Å². The van der Waals surface area contributed by atoms with Crippen LogP contribution < -0.4 is 4.84 Å². The Morgan fingerprint density at radius 1 is 1.78 bits per heavy atom. The third-order valence-corrected chi connectivity index (χ3v) is 2.07. The molecule has 0 heterocycles. The SMILES string of the molecule is C=C(OC)C1(NCl)CC1. The van der Waals surface area contributed by atoms with E-state index in [0.29, 0.717) is 0 Å². The summed E-state index contributed by atoms with van der Waals surface area (Å²) < 4.78 is 4.93. The molecule has 1 fully saturated rings. The zero-order valence-electron chi connectivity index (χ0n) is 5.41. The van der Waals surface area contributed by atoms with Gasteiger partial charge in [-0.3, -0.25) is 0 Å². The molecular weight excluding hydrogens is 138 g/mol. The minimum Gasteiger partial charge on any atom is -0.500 e. The molecule has 0 unspecified atom stereocenters. The van der Waals surface area contributed by atoms with Gasteiger partial charge in [0.25, 0.3) is 0 Å². The molecule has 1 saturated carbocycles. The van der Waals surface area contributed by atoms with Crippen LogP contribution in [-0.4, -0.2) is 12.6 Å². The lowest BCUT2D eigenvalue weighted by atomic mass is 10.2. The van der Waals surface area contributed by atoms with Crippen LogP contribution in [0.25, 0.3) is 0 Å². The molecule has 0 saturated heterocycles. The third kappa shape index (κ3) is 1.05. The molecule has 9 heavy (non-hydrogen) atoms. The highest BCUT2D eigenvalue weighted by Gasteiger charge is 2.46. The molecule has 2 nitrogen and oxygen atoms in total. The molecule has 0 aromatic rings. The molecule has 1 aliphatic carbocycles. The molecule has 0 amide bonds. The van der Waals surface area contributed by atoms with E-state index in [0.717, 1.165) is 18.6 Å². The fourth-order valence-corrected chi connectivity index (χ4v) is 1.04. The standard InChI is InChI=1S/C6H10ClNO/c1-5(9-2)6(8-7)3-4-6/h8H,1,3-4H2,2H3. The van der Waals surface area contributed by atoms with Crippen LogP contribution in [0.15, 0.2) is 12.3 Å². The maximum atomic E-state index is 5.44. The van der Waals surface area contributed by atoms with Gasteiger partial charge in [0.2, 0.25) is 0 Å². The normalized spacial score (nSPS) is 21.1. The van der Waals surface area contributed by atoms with Gasteiger partial charge in [0.1, 0.15) is 5.76 Å². The highest BCUT2D eigenvalue weighted by atomic mass is 35.5. The second-order valence-electron chi connectivity index (χ2n) is 2.30. The predicted octanol–water partition coefficient (Wildman–Crippen LogP) is 1.42. The summed E-state index contributed by atoms with van der Waals surface area (Å²) in [4.78, 5) is 2.65. The first-order chi connectivity index (χ1) is 4.25. The van der Waals surface area contributed by atoms with Crippen molar-refractivity contribution in [1.82, 2.24) is 4.84 Å². The van der Waals surface area contributed by atoms with Gasteiger partial charge in [-0.1, -0.05) is 6.58 Å². The van der Waals surface area contributed by atoms with Gasteiger partial charge < -0.3 is 4.74 Å². The van der Waals surface area contributed by atoms with Crippen LogP contribution in [0.2, 0.25) is 0 Å². The van der Waals surface area contributed by atoms with E-state index in [9.17, 15) is 0 Å². The zero-order chi connectivity index (χ0) is 6.91. The first-order valence-electron chi connectivity index (χ1n) is 2.86. The number of ether oxygens (including phenoxy) is 1. The molecular formula is C6H10ClNO. The average molecular weight is 148 g/mol. The zero-order valence-corrected chi connectivity index (χ0v) is 6.16. The molecule has 0 radical (unpaired) electrons. The van der Waals surface area contributed by atoms with E-state index in [4.69, 9.17) is 16.5 Å². The number of nitrogens with one attached hydrogen (secondary N) is 1. The van der Waals surface area contributed by atoms with E-state index in [1.165, 1.54) is 0 Å². The Kier molecular flexibility index (Phi) is 1.68. The second kappa shape index (κ2) is 2.20. The highest BCUT2D eigenvalue weighted by Crippen LogP contribution is 2.41. The number of hydrogen-bond acceptors (Lipinski definition) is 2. The van der Waals surface area contributed by atoms with Crippen molar-refractivity contribution >= 4 is 11.8 Å². The van der Waals surface area contributed by atoms with Crippen LogP contribution in [0, 0.1) is 0 Å². The molecule has 0 aromatic heterocycles. The summed E-state index contributed by atoms with van der Waals surface area (Å²) in [5.74, 6) is 0.734. The molecule has 0 aliphatic heterocycles. The maximum absolute atomic E-state index is 5.44. The van der Waals surface area contributed by atoms with E-state index in [-0.39, 0.29) is 5.54 Å². The quantitative estimate of drug-likeness (QED) is 0.482. The van der Waals surface area contributed by atoms with Crippen LogP contribution in [-0.2, 0) is 4.74 Å². The highest BCUT2D eigenvalue weighted by molar-refractivity contribution is 6.14. The summed E-state index contributed by atoms with van der Waals surface area (Å²) in [6.07, 6.45) is 2.06. The van der Waals surface area contributed by atoms with Gasteiger partial charge >= 0.3 is 0 Å². The van der Waals surface area contributed by atoms with E-state index in [1.807, 2.05) is 0 Å². The van der Waals surface area contributed by atoms with Gasteiger partial charge in [0.15, 0.2) is 0 Å². The van der Waals surface area contributed by atoms with E-state index < -0.39 is 0 Å². The van der Waals surface area contributed by atoms with E-state index in [1.54, 1.807) is 7.11 Å². The van der Waals surface area contributed by atoms with E-state index >= 15 is 0 Å². The Bertz CT molecular complexity index is 131. The number of rotatable bonds is 3. The van der Waals surface area contributed by atoms with Crippen molar-refractivity contribution in [2.45, 2.75) is 18.4 Å². The van der Waals surface area contributed by atoms with E-state index in [2.05, 4.69) is 11.4 Å². The van der Waals surface area contributed by atoms with Gasteiger partial charge in [-0.25, -0.2) is 4.84 Å². The summed E-state index contributed by atoms with van der Waals surface area (Å²) in [6, 6.07) is 0. The monoisotopic (exact) mass is 147 g/mol. The average Bonchev–Trinajstić information content (AvgIpc) is 2.66. The molecule has 1 rings (SSSR count). The summed E-state index contributed by atoms with van der Waals surface area (Å²) in [7, 11) is 1.61. The molecule has 52 valence electrons. The van der Waals surface area contributed by atoms with Crippen molar-refractivity contribution in [3.05, 3.63) is 12.3 Å². The van der Waals surface area contributed by atoms with Crippen molar-refractivity contribution in [3.63, 3.8) is 0 Å². The first kappa shape index (κ1) is 6.90. The van der Waals surface area contributed by atoms with Crippen molar-refractivity contribution in [3.8, 4) is 0 Å².